The second-order valence-electron chi connectivity index (χ2n) is 6.71. The standard InChI is InChI=1S/C24H21N5O/c30-24(22-16-28-23(17-26-22)27-15-20-10-7-13-25-14-20)29(21-11-5-2-6-12-21)18-19-8-3-1-4-9-19/h1-14,16-17H,15,18H2,(H,27,28). The molecule has 0 aliphatic heterocycles. The van der Waals surface area contributed by atoms with Crippen molar-refractivity contribution in [1.82, 2.24) is 15.0 Å². The first kappa shape index (κ1) is 19.3. The van der Waals surface area contributed by atoms with Crippen molar-refractivity contribution >= 4 is 17.4 Å². The molecule has 0 saturated heterocycles. The van der Waals surface area contributed by atoms with Crippen LogP contribution in [-0.4, -0.2) is 20.9 Å². The lowest BCUT2D eigenvalue weighted by atomic mass is 10.2. The number of benzene rings is 2. The van der Waals surface area contributed by atoms with Crippen molar-refractivity contribution in [1.29, 1.82) is 0 Å². The zero-order valence-electron chi connectivity index (χ0n) is 16.3. The normalized spacial score (nSPS) is 10.4. The number of carbonyl (C=O) groups excluding carboxylic acids is 1. The van der Waals surface area contributed by atoms with Gasteiger partial charge < -0.3 is 10.2 Å². The molecule has 2 aromatic heterocycles. The molecule has 0 unspecified atom stereocenters. The summed E-state index contributed by atoms with van der Waals surface area (Å²) in [5.41, 5.74) is 3.18. The summed E-state index contributed by atoms with van der Waals surface area (Å²) in [4.78, 5) is 27.7. The van der Waals surface area contributed by atoms with Crippen LogP contribution < -0.4 is 10.2 Å². The molecule has 2 aromatic carbocycles. The molecule has 1 N–H and O–H groups in total. The number of aromatic nitrogens is 3. The highest BCUT2D eigenvalue weighted by Gasteiger charge is 2.19. The number of hydrogen-bond donors (Lipinski definition) is 1. The fraction of sp³-hybridized carbons (Fsp3) is 0.0833. The van der Waals surface area contributed by atoms with Crippen molar-refractivity contribution in [2.75, 3.05) is 10.2 Å². The van der Waals surface area contributed by atoms with E-state index >= 15 is 0 Å². The summed E-state index contributed by atoms with van der Waals surface area (Å²) in [6.45, 7) is 1.03. The Kier molecular flexibility index (Phi) is 6.05. The van der Waals surface area contributed by atoms with Crippen molar-refractivity contribution in [2.24, 2.45) is 0 Å². The molecule has 6 heteroatoms. The van der Waals surface area contributed by atoms with Crippen molar-refractivity contribution in [3.8, 4) is 0 Å². The molecule has 0 aliphatic carbocycles. The highest BCUT2D eigenvalue weighted by atomic mass is 16.2. The maximum Gasteiger partial charge on any atom is 0.278 e. The zero-order chi connectivity index (χ0) is 20.6. The van der Waals surface area contributed by atoms with Gasteiger partial charge in [-0.2, -0.15) is 0 Å². The number of nitrogens with one attached hydrogen (secondary N) is 1. The molecule has 0 radical (unpaired) electrons. The minimum atomic E-state index is -0.198. The van der Waals surface area contributed by atoms with Crippen LogP contribution in [-0.2, 0) is 13.1 Å². The Balaban J connectivity index is 1.51. The fourth-order valence-electron chi connectivity index (χ4n) is 3.02. The predicted octanol–water partition coefficient (Wildman–Crippen LogP) is 4.33. The number of anilines is 2. The summed E-state index contributed by atoms with van der Waals surface area (Å²) in [6.07, 6.45) is 6.61. The molecular formula is C24H21N5O. The molecule has 4 aromatic rings. The average molecular weight is 395 g/mol. The first-order valence-electron chi connectivity index (χ1n) is 9.65. The van der Waals surface area contributed by atoms with Crippen LogP contribution in [0.1, 0.15) is 21.6 Å². The number of carbonyl (C=O) groups is 1. The lowest BCUT2D eigenvalue weighted by molar-refractivity contribution is 0.0980. The molecule has 1 amide bonds. The van der Waals surface area contributed by atoms with Gasteiger partial charge in [-0.1, -0.05) is 54.6 Å². The van der Waals surface area contributed by atoms with Crippen LogP contribution in [0, 0.1) is 0 Å². The van der Waals surface area contributed by atoms with Gasteiger partial charge in [0.05, 0.1) is 18.9 Å². The SMILES string of the molecule is O=C(c1cnc(NCc2cccnc2)cn1)N(Cc1ccccc1)c1ccccc1. The summed E-state index contributed by atoms with van der Waals surface area (Å²) in [6, 6.07) is 23.3. The summed E-state index contributed by atoms with van der Waals surface area (Å²) >= 11 is 0. The van der Waals surface area contributed by atoms with Gasteiger partial charge in [-0.25, -0.2) is 9.97 Å². The third-order valence-electron chi connectivity index (χ3n) is 4.56. The Morgan fingerprint density at radius 2 is 1.53 bits per heavy atom. The van der Waals surface area contributed by atoms with Gasteiger partial charge >= 0.3 is 0 Å². The number of pyridine rings is 1. The fourth-order valence-corrected chi connectivity index (χ4v) is 3.02. The molecule has 0 bridgehead atoms. The molecule has 0 fully saturated rings. The van der Waals surface area contributed by atoms with Crippen molar-refractivity contribution in [3.63, 3.8) is 0 Å². The zero-order valence-corrected chi connectivity index (χ0v) is 16.3. The van der Waals surface area contributed by atoms with E-state index in [1.54, 1.807) is 23.5 Å². The molecule has 6 nitrogen and oxygen atoms in total. The number of para-hydroxylation sites is 1. The molecule has 0 spiro atoms. The van der Waals surface area contributed by atoms with Crippen molar-refractivity contribution < 1.29 is 4.79 Å². The second-order valence-corrected chi connectivity index (χ2v) is 6.71. The van der Waals surface area contributed by atoms with Crippen LogP contribution in [0.3, 0.4) is 0 Å². The molecule has 0 aliphatic rings. The quantitative estimate of drug-likeness (QED) is 0.504. The minimum absolute atomic E-state index is 0.198. The lowest BCUT2D eigenvalue weighted by Crippen LogP contribution is -2.31. The van der Waals surface area contributed by atoms with Crippen LogP contribution in [0.4, 0.5) is 11.5 Å². The van der Waals surface area contributed by atoms with Gasteiger partial charge in [0.25, 0.3) is 5.91 Å². The second kappa shape index (κ2) is 9.43. The molecular weight excluding hydrogens is 374 g/mol. The molecule has 2 heterocycles. The van der Waals surface area contributed by atoms with Crippen LogP contribution >= 0.6 is 0 Å². The number of hydrogen-bond acceptors (Lipinski definition) is 5. The number of nitrogens with zero attached hydrogens (tertiary/aromatic N) is 4. The Morgan fingerprint density at radius 1 is 0.800 bits per heavy atom. The predicted molar refractivity (Wildman–Crippen MR) is 117 cm³/mol. The Labute approximate surface area is 175 Å². The average Bonchev–Trinajstić information content (AvgIpc) is 2.83. The van der Waals surface area contributed by atoms with E-state index in [-0.39, 0.29) is 5.91 Å². The van der Waals surface area contributed by atoms with Crippen LogP contribution in [0.2, 0.25) is 0 Å². The number of amides is 1. The van der Waals surface area contributed by atoms with E-state index in [0.29, 0.717) is 24.6 Å². The first-order valence-corrected chi connectivity index (χ1v) is 9.65. The summed E-state index contributed by atoms with van der Waals surface area (Å²) in [7, 11) is 0. The van der Waals surface area contributed by atoms with Gasteiger partial charge in [0.1, 0.15) is 11.5 Å². The molecule has 0 atom stereocenters. The molecule has 30 heavy (non-hydrogen) atoms. The van der Waals surface area contributed by atoms with Gasteiger partial charge in [0.15, 0.2) is 0 Å². The van der Waals surface area contributed by atoms with E-state index in [0.717, 1.165) is 16.8 Å². The topological polar surface area (TPSA) is 71.0 Å². The van der Waals surface area contributed by atoms with Gasteiger partial charge in [-0.15, -0.1) is 0 Å². The van der Waals surface area contributed by atoms with Crippen LogP contribution in [0.25, 0.3) is 0 Å². The van der Waals surface area contributed by atoms with E-state index in [4.69, 9.17) is 0 Å². The monoisotopic (exact) mass is 395 g/mol. The Bertz CT molecular complexity index is 1070. The van der Waals surface area contributed by atoms with Gasteiger partial charge in [0, 0.05) is 24.6 Å². The maximum atomic E-state index is 13.2. The lowest BCUT2D eigenvalue weighted by Gasteiger charge is -2.22. The minimum Gasteiger partial charge on any atom is -0.365 e. The molecule has 148 valence electrons. The third kappa shape index (κ3) is 4.86. The van der Waals surface area contributed by atoms with Crippen molar-refractivity contribution in [3.05, 3.63) is 114 Å². The highest BCUT2D eigenvalue weighted by molar-refractivity contribution is 6.04. The highest BCUT2D eigenvalue weighted by Crippen LogP contribution is 2.19. The summed E-state index contributed by atoms with van der Waals surface area (Å²) in [5, 5.41) is 3.19. The van der Waals surface area contributed by atoms with Gasteiger partial charge in [-0.05, 0) is 29.3 Å². The van der Waals surface area contributed by atoms with Crippen molar-refractivity contribution in [2.45, 2.75) is 13.1 Å². The van der Waals surface area contributed by atoms with Gasteiger partial charge in [-0.3, -0.25) is 9.78 Å². The summed E-state index contributed by atoms with van der Waals surface area (Å²) in [5.74, 6) is 0.404. The van der Waals surface area contributed by atoms with E-state index < -0.39 is 0 Å². The van der Waals surface area contributed by atoms with E-state index in [1.165, 1.54) is 6.20 Å². The number of rotatable bonds is 7. The molecule has 4 rings (SSSR count). The van der Waals surface area contributed by atoms with E-state index in [2.05, 4.69) is 20.3 Å². The largest absolute Gasteiger partial charge is 0.365 e. The van der Waals surface area contributed by atoms with Gasteiger partial charge in [0.2, 0.25) is 0 Å². The Hall–Kier alpha value is -4.06. The third-order valence-corrected chi connectivity index (χ3v) is 4.56. The summed E-state index contributed by atoms with van der Waals surface area (Å²) < 4.78 is 0. The maximum absolute atomic E-state index is 13.2. The smallest absolute Gasteiger partial charge is 0.278 e. The first-order chi connectivity index (χ1) is 14.8. The van der Waals surface area contributed by atoms with E-state index in [9.17, 15) is 4.79 Å². The Morgan fingerprint density at radius 3 is 2.20 bits per heavy atom. The molecule has 0 saturated carbocycles. The van der Waals surface area contributed by atoms with Crippen LogP contribution in [0.15, 0.2) is 97.6 Å². The van der Waals surface area contributed by atoms with Crippen LogP contribution in [0.5, 0.6) is 0 Å². The van der Waals surface area contributed by atoms with E-state index in [1.807, 2.05) is 72.8 Å².